The Morgan fingerprint density at radius 2 is 1.68 bits per heavy atom. The summed E-state index contributed by atoms with van der Waals surface area (Å²) in [5.41, 5.74) is 3.20. The van der Waals surface area contributed by atoms with Gasteiger partial charge < -0.3 is 29.6 Å². The summed E-state index contributed by atoms with van der Waals surface area (Å²) >= 11 is 0. The van der Waals surface area contributed by atoms with Gasteiger partial charge in [0.05, 0.1) is 46.4 Å². The van der Waals surface area contributed by atoms with E-state index in [-0.39, 0.29) is 12.5 Å². The number of hydrogen-bond donors (Lipinski definition) is 2. The second kappa shape index (κ2) is 11.6. The van der Waals surface area contributed by atoms with Gasteiger partial charge in [-0.25, -0.2) is 19.5 Å². The molecule has 1 aromatic carbocycles. The van der Waals surface area contributed by atoms with Crippen molar-refractivity contribution >= 4 is 23.2 Å². The number of methoxy groups -OCH3 is 4. The fourth-order valence-electron chi connectivity index (χ4n) is 3.96. The van der Waals surface area contributed by atoms with Crippen LogP contribution in [0.25, 0.3) is 16.9 Å². The fourth-order valence-corrected chi connectivity index (χ4v) is 3.96. The summed E-state index contributed by atoms with van der Waals surface area (Å²) in [5, 5.41) is 10.6. The summed E-state index contributed by atoms with van der Waals surface area (Å²) in [5.74, 6) is 2.84. The molecule has 0 saturated carbocycles. The number of anilines is 2. The maximum Gasteiger partial charge on any atom is 0.256 e. The van der Waals surface area contributed by atoms with E-state index in [2.05, 4.69) is 25.7 Å². The number of fused-ring (bicyclic) bond motifs is 1. The zero-order valence-electron chi connectivity index (χ0n) is 22.3. The number of benzene rings is 1. The van der Waals surface area contributed by atoms with Gasteiger partial charge in [0.1, 0.15) is 17.3 Å². The molecule has 40 heavy (non-hydrogen) atoms. The minimum absolute atomic E-state index is 0.226. The second-order valence-corrected chi connectivity index (χ2v) is 8.50. The van der Waals surface area contributed by atoms with E-state index in [0.717, 1.165) is 5.56 Å². The van der Waals surface area contributed by atoms with Gasteiger partial charge in [-0.05, 0) is 36.4 Å². The van der Waals surface area contributed by atoms with Crippen LogP contribution in [-0.2, 0) is 6.54 Å². The summed E-state index contributed by atoms with van der Waals surface area (Å²) in [6.45, 7) is 0.226. The van der Waals surface area contributed by atoms with Crippen molar-refractivity contribution < 1.29 is 23.7 Å². The Kier molecular flexibility index (Phi) is 7.58. The van der Waals surface area contributed by atoms with E-state index in [0.29, 0.717) is 57.4 Å². The lowest BCUT2D eigenvalue weighted by Gasteiger charge is -2.10. The molecule has 4 heterocycles. The number of amides is 1. The standard InChI is InChI=1S/C28H27N7O5/c1-37-20-10-17(11-21(13-20)38-2)27(36)29-16-19-6-5-7-24(31-19)33-25-14-26-32-22(8-9-35(26)34-25)18-12-23(39-3)28(40-4)30-15-18/h5-15H,16H2,1-4H3,(H,29,36)(H,31,33,34). The summed E-state index contributed by atoms with van der Waals surface area (Å²) in [4.78, 5) is 26.3. The van der Waals surface area contributed by atoms with E-state index in [1.807, 2.05) is 42.6 Å². The molecule has 12 nitrogen and oxygen atoms in total. The second-order valence-electron chi connectivity index (χ2n) is 8.50. The largest absolute Gasteiger partial charge is 0.497 e. The zero-order valence-corrected chi connectivity index (χ0v) is 22.3. The van der Waals surface area contributed by atoms with Gasteiger partial charge in [-0.3, -0.25) is 4.79 Å². The molecule has 0 aliphatic carbocycles. The third-order valence-electron chi connectivity index (χ3n) is 5.96. The maximum atomic E-state index is 12.7. The Morgan fingerprint density at radius 1 is 0.875 bits per heavy atom. The van der Waals surface area contributed by atoms with Gasteiger partial charge in [0.25, 0.3) is 11.8 Å². The molecule has 5 rings (SSSR count). The van der Waals surface area contributed by atoms with Crippen molar-refractivity contribution in [2.75, 3.05) is 33.8 Å². The summed E-state index contributed by atoms with van der Waals surface area (Å²) in [6, 6.07) is 16.0. The summed E-state index contributed by atoms with van der Waals surface area (Å²) in [7, 11) is 6.17. The Balaban J connectivity index is 1.28. The highest BCUT2D eigenvalue weighted by molar-refractivity contribution is 5.95. The molecule has 4 aromatic heterocycles. The highest BCUT2D eigenvalue weighted by Crippen LogP contribution is 2.29. The van der Waals surface area contributed by atoms with Crippen LogP contribution in [0.4, 0.5) is 11.6 Å². The van der Waals surface area contributed by atoms with Gasteiger partial charge in [0.15, 0.2) is 17.2 Å². The van der Waals surface area contributed by atoms with E-state index in [1.54, 1.807) is 36.0 Å². The zero-order chi connectivity index (χ0) is 28.1. The quantitative estimate of drug-likeness (QED) is 0.268. The average molecular weight is 542 g/mol. The van der Waals surface area contributed by atoms with Crippen molar-refractivity contribution in [1.82, 2.24) is 29.9 Å². The lowest BCUT2D eigenvalue weighted by atomic mass is 10.2. The Morgan fingerprint density at radius 3 is 2.40 bits per heavy atom. The summed E-state index contributed by atoms with van der Waals surface area (Å²) < 4.78 is 22.7. The topological polar surface area (TPSA) is 134 Å². The van der Waals surface area contributed by atoms with Gasteiger partial charge >= 0.3 is 0 Å². The van der Waals surface area contributed by atoms with Crippen molar-refractivity contribution in [3.8, 4) is 34.4 Å². The lowest BCUT2D eigenvalue weighted by Crippen LogP contribution is -2.23. The van der Waals surface area contributed by atoms with Crippen molar-refractivity contribution in [1.29, 1.82) is 0 Å². The molecule has 0 unspecified atom stereocenters. The molecule has 0 saturated heterocycles. The van der Waals surface area contributed by atoms with Gasteiger partial charge in [0, 0.05) is 35.7 Å². The van der Waals surface area contributed by atoms with E-state index in [9.17, 15) is 4.79 Å². The molecule has 204 valence electrons. The van der Waals surface area contributed by atoms with Crippen LogP contribution in [0.2, 0.25) is 0 Å². The van der Waals surface area contributed by atoms with Gasteiger partial charge in [0.2, 0.25) is 0 Å². The fraction of sp³-hybridized carbons (Fsp3) is 0.179. The van der Waals surface area contributed by atoms with Gasteiger partial charge in [-0.1, -0.05) is 6.07 Å². The minimum atomic E-state index is -0.274. The number of pyridine rings is 2. The number of nitrogens with zero attached hydrogens (tertiary/aromatic N) is 5. The lowest BCUT2D eigenvalue weighted by molar-refractivity contribution is 0.0949. The van der Waals surface area contributed by atoms with E-state index < -0.39 is 0 Å². The molecular weight excluding hydrogens is 514 g/mol. The molecule has 12 heteroatoms. The van der Waals surface area contributed by atoms with Crippen LogP contribution in [0.1, 0.15) is 16.1 Å². The summed E-state index contributed by atoms with van der Waals surface area (Å²) in [6.07, 6.45) is 3.49. The predicted molar refractivity (Wildman–Crippen MR) is 148 cm³/mol. The first kappa shape index (κ1) is 26.2. The molecule has 0 aliphatic heterocycles. The maximum absolute atomic E-state index is 12.7. The van der Waals surface area contributed by atoms with Gasteiger partial charge in [-0.15, -0.1) is 5.10 Å². The van der Waals surface area contributed by atoms with Crippen LogP contribution in [0.15, 0.2) is 67.0 Å². The number of rotatable bonds is 10. The monoisotopic (exact) mass is 541 g/mol. The highest BCUT2D eigenvalue weighted by Gasteiger charge is 2.12. The molecule has 2 N–H and O–H groups in total. The van der Waals surface area contributed by atoms with Crippen LogP contribution in [-0.4, -0.2) is 58.9 Å². The molecule has 1 amide bonds. The van der Waals surface area contributed by atoms with Crippen LogP contribution < -0.4 is 29.6 Å². The van der Waals surface area contributed by atoms with Crippen LogP contribution in [0, 0.1) is 0 Å². The average Bonchev–Trinajstić information content (AvgIpc) is 3.40. The smallest absolute Gasteiger partial charge is 0.256 e. The van der Waals surface area contributed by atoms with Gasteiger partial charge in [-0.2, -0.15) is 0 Å². The predicted octanol–water partition coefficient (Wildman–Crippen LogP) is 3.89. The molecule has 0 aliphatic rings. The van der Waals surface area contributed by atoms with E-state index >= 15 is 0 Å². The van der Waals surface area contributed by atoms with Crippen molar-refractivity contribution in [2.24, 2.45) is 0 Å². The minimum Gasteiger partial charge on any atom is -0.497 e. The first-order valence-corrected chi connectivity index (χ1v) is 12.2. The molecule has 0 spiro atoms. The van der Waals surface area contributed by atoms with E-state index in [4.69, 9.17) is 23.9 Å². The highest BCUT2D eigenvalue weighted by atomic mass is 16.5. The number of ether oxygens (including phenoxy) is 4. The molecular formula is C28H27N7O5. The van der Waals surface area contributed by atoms with Crippen molar-refractivity contribution in [3.05, 3.63) is 78.2 Å². The first-order valence-electron chi connectivity index (χ1n) is 12.2. The normalized spacial score (nSPS) is 10.7. The van der Waals surface area contributed by atoms with E-state index in [1.165, 1.54) is 21.3 Å². The van der Waals surface area contributed by atoms with Crippen LogP contribution in [0.5, 0.6) is 23.1 Å². The van der Waals surface area contributed by atoms with Crippen LogP contribution >= 0.6 is 0 Å². The SMILES string of the molecule is COc1cc(OC)cc(C(=O)NCc2cccc(Nc3cc4nc(-c5cnc(OC)c(OC)c5)ccn4n3)n2)c1. The third kappa shape index (κ3) is 5.70. The number of carbonyl (C=O) groups is 1. The van der Waals surface area contributed by atoms with Crippen LogP contribution in [0.3, 0.4) is 0 Å². The molecule has 0 bridgehead atoms. The number of carbonyl (C=O) groups excluding carboxylic acids is 1. The van der Waals surface area contributed by atoms with Crippen molar-refractivity contribution in [2.45, 2.75) is 6.54 Å². The molecule has 5 aromatic rings. The Bertz CT molecular complexity index is 1650. The Hall–Kier alpha value is -5.39. The van der Waals surface area contributed by atoms with Crippen molar-refractivity contribution in [3.63, 3.8) is 0 Å². The molecule has 0 atom stereocenters. The Labute approximate surface area is 229 Å². The number of nitrogens with one attached hydrogen (secondary N) is 2. The molecule has 0 radical (unpaired) electrons. The number of aromatic nitrogens is 5. The number of hydrogen-bond acceptors (Lipinski definition) is 10. The third-order valence-corrected chi connectivity index (χ3v) is 5.96. The molecule has 0 fully saturated rings. The first-order chi connectivity index (χ1) is 19.5.